The SMILES string of the molecule is CCc1ccc(C(C)(O)Cc2cnn(CC)c2)cc1. The number of aromatic nitrogens is 2. The van der Waals surface area contributed by atoms with E-state index in [0.717, 1.165) is 24.1 Å². The van der Waals surface area contributed by atoms with Gasteiger partial charge in [0.05, 0.1) is 11.8 Å². The summed E-state index contributed by atoms with van der Waals surface area (Å²) in [6.07, 6.45) is 5.43. The molecule has 0 amide bonds. The average molecular weight is 258 g/mol. The molecule has 0 radical (unpaired) electrons. The van der Waals surface area contributed by atoms with Crippen molar-refractivity contribution in [1.82, 2.24) is 9.78 Å². The largest absolute Gasteiger partial charge is 0.385 e. The van der Waals surface area contributed by atoms with Gasteiger partial charge in [-0.3, -0.25) is 4.68 Å². The van der Waals surface area contributed by atoms with Crippen LogP contribution in [0.2, 0.25) is 0 Å². The predicted octanol–water partition coefficient (Wildman–Crippen LogP) is 2.92. The van der Waals surface area contributed by atoms with Crippen molar-refractivity contribution in [1.29, 1.82) is 0 Å². The summed E-state index contributed by atoms with van der Waals surface area (Å²) in [6, 6.07) is 8.20. The molecule has 2 rings (SSSR count). The molecule has 0 saturated carbocycles. The normalized spacial score (nSPS) is 14.3. The molecule has 3 heteroatoms. The van der Waals surface area contributed by atoms with Crippen molar-refractivity contribution in [2.75, 3.05) is 0 Å². The topological polar surface area (TPSA) is 38.1 Å². The van der Waals surface area contributed by atoms with E-state index in [1.54, 1.807) is 0 Å². The zero-order valence-corrected chi connectivity index (χ0v) is 11.9. The fourth-order valence-electron chi connectivity index (χ4n) is 2.27. The molecule has 1 heterocycles. The number of hydrogen-bond donors (Lipinski definition) is 1. The van der Waals surface area contributed by atoms with Gasteiger partial charge < -0.3 is 5.11 Å². The molecule has 2 aromatic rings. The van der Waals surface area contributed by atoms with Crippen LogP contribution in [0.5, 0.6) is 0 Å². The molecule has 1 unspecified atom stereocenters. The smallest absolute Gasteiger partial charge is 0.0909 e. The van der Waals surface area contributed by atoms with Gasteiger partial charge in [-0.2, -0.15) is 5.10 Å². The molecule has 0 aliphatic carbocycles. The molecule has 3 nitrogen and oxygen atoms in total. The molecule has 1 aromatic carbocycles. The monoisotopic (exact) mass is 258 g/mol. The summed E-state index contributed by atoms with van der Waals surface area (Å²) in [5.41, 5.74) is 2.45. The first-order valence-corrected chi connectivity index (χ1v) is 6.88. The number of aryl methyl sites for hydroxylation is 2. The molecule has 1 N–H and O–H groups in total. The van der Waals surface area contributed by atoms with E-state index in [2.05, 4.69) is 31.1 Å². The highest BCUT2D eigenvalue weighted by Crippen LogP contribution is 2.25. The lowest BCUT2D eigenvalue weighted by atomic mass is 9.89. The van der Waals surface area contributed by atoms with Gasteiger partial charge in [-0.25, -0.2) is 0 Å². The van der Waals surface area contributed by atoms with Gasteiger partial charge in [0.2, 0.25) is 0 Å². The van der Waals surface area contributed by atoms with Crippen molar-refractivity contribution in [3.63, 3.8) is 0 Å². The van der Waals surface area contributed by atoms with E-state index >= 15 is 0 Å². The zero-order chi connectivity index (χ0) is 13.9. The van der Waals surface area contributed by atoms with Crippen molar-refractivity contribution < 1.29 is 5.11 Å². The van der Waals surface area contributed by atoms with Crippen LogP contribution in [0.3, 0.4) is 0 Å². The van der Waals surface area contributed by atoms with Crippen LogP contribution in [0, 0.1) is 0 Å². The molecule has 1 atom stereocenters. The van der Waals surface area contributed by atoms with Gasteiger partial charge >= 0.3 is 0 Å². The Labute approximate surface area is 114 Å². The summed E-state index contributed by atoms with van der Waals surface area (Å²) < 4.78 is 1.88. The van der Waals surface area contributed by atoms with E-state index < -0.39 is 5.60 Å². The van der Waals surface area contributed by atoms with E-state index in [4.69, 9.17) is 0 Å². The van der Waals surface area contributed by atoms with Crippen LogP contribution in [0.15, 0.2) is 36.7 Å². The van der Waals surface area contributed by atoms with E-state index in [-0.39, 0.29) is 0 Å². The molecule has 1 aromatic heterocycles. The molecule has 0 fully saturated rings. The lowest BCUT2D eigenvalue weighted by molar-refractivity contribution is 0.0576. The third-order valence-electron chi connectivity index (χ3n) is 3.54. The second kappa shape index (κ2) is 5.57. The first-order valence-electron chi connectivity index (χ1n) is 6.88. The van der Waals surface area contributed by atoms with E-state index in [1.165, 1.54) is 5.56 Å². The van der Waals surface area contributed by atoms with Crippen LogP contribution in [0.25, 0.3) is 0 Å². The van der Waals surface area contributed by atoms with Crippen LogP contribution in [0.1, 0.15) is 37.5 Å². The number of hydrogen-bond acceptors (Lipinski definition) is 2. The summed E-state index contributed by atoms with van der Waals surface area (Å²) in [5.74, 6) is 0. The predicted molar refractivity (Wildman–Crippen MR) is 77.0 cm³/mol. The van der Waals surface area contributed by atoms with Gasteiger partial charge in [0.1, 0.15) is 0 Å². The van der Waals surface area contributed by atoms with Crippen molar-refractivity contribution in [2.45, 2.75) is 45.8 Å². The summed E-state index contributed by atoms with van der Waals surface area (Å²) in [6.45, 7) is 6.90. The molecule has 19 heavy (non-hydrogen) atoms. The lowest BCUT2D eigenvalue weighted by Crippen LogP contribution is -2.24. The highest BCUT2D eigenvalue weighted by molar-refractivity contribution is 5.28. The Hall–Kier alpha value is -1.61. The van der Waals surface area contributed by atoms with Crippen LogP contribution in [0.4, 0.5) is 0 Å². The van der Waals surface area contributed by atoms with Gasteiger partial charge in [-0.15, -0.1) is 0 Å². The maximum absolute atomic E-state index is 10.6. The molecule has 102 valence electrons. The standard InChI is InChI=1S/C16H22N2O/c1-4-13-6-8-15(9-7-13)16(3,19)10-14-11-17-18(5-2)12-14/h6-9,11-12,19H,4-5,10H2,1-3H3. The minimum absolute atomic E-state index is 0.582. The molecule has 0 bridgehead atoms. The summed E-state index contributed by atoms with van der Waals surface area (Å²) >= 11 is 0. The fourth-order valence-corrected chi connectivity index (χ4v) is 2.27. The highest BCUT2D eigenvalue weighted by Gasteiger charge is 2.24. The Kier molecular flexibility index (Phi) is 4.05. The lowest BCUT2D eigenvalue weighted by Gasteiger charge is -2.23. The Morgan fingerprint density at radius 2 is 1.84 bits per heavy atom. The fraction of sp³-hybridized carbons (Fsp3) is 0.438. The molecule has 0 aliphatic rings. The molecular weight excluding hydrogens is 236 g/mol. The number of nitrogens with zero attached hydrogens (tertiary/aromatic N) is 2. The second-order valence-electron chi connectivity index (χ2n) is 5.21. The molecule has 0 aliphatic heterocycles. The quantitative estimate of drug-likeness (QED) is 0.895. The van der Waals surface area contributed by atoms with Crippen molar-refractivity contribution >= 4 is 0 Å². The molecular formula is C16H22N2O. The Morgan fingerprint density at radius 1 is 1.16 bits per heavy atom. The second-order valence-corrected chi connectivity index (χ2v) is 5.21. The first-order chi connectivity index (χ1) is 9.05. The van der Waals surface area contributed by atoms with E-state index in [0.29, 0.717) is 6.42 Å². The molecule has 0 saturated heterocycles. The summed E-state index contributed by atoms with van der Waals surface area (Å²) in [7, 11) is 0. The first kappa shape index (κ1) is 13.8. The van der Waals surface area contributed by atoms with Gasteiger partial charge in [0.25, 0.3) is 0 Å². The molecule has 0 spiro atoms. The van der Waals surface area contributed by atoms with E-state index in [9.17, 15) is 5.11 Å². The summed E-state index contributed by atoms with van der Waals surface area (Å²) in [5, 5.41) is 14.9. The maximum Gasteiger partial charge on any atom is 0.0909 e. The maximum atomic E-state index is 10.6. The van der Waals surface area contributed by atoms with Gasteiger partial charge in [-0.05, 0) is 37.0 Å². The third-order valence-corrected chi connectivity index (χ3v) is 3.54. The van der Waals surface area contributed by atoms with Crippen LogP contribution >= 0.6 is 0 Å². The minimum atomic E-state index is -0.853. The Balaban J connectivity index is 2.16. The van der Waals surface area contributed by atoms with Gasteiger partial charge in [0.15, 0.2) is 0 Å². The van der Waals surface area contributed by atoms with Gasteiger partial charge in [-0.1, -0.05) is 31.2 Å². The number of aliphatic hydroxyl groups is 1. The number of rotatable bonds is 5. The third kappa shape index (κ3) is 3.24. The van der Waals surface area contributed by atoms with Gasteiger partial charge in [0, 0.05) is 19.2 Å². The van der Waals surface area contributed by atoms with E-state index in [1.807, 2.05) is 36.1 Å². The minimum Gasteiger partial charge on any atom is -0.385 e. The van der Waals surface area contributed by atoms with Crippen molar-refractivity contribution in [2.24, 2.45) is 0 Å². The van der Waals surface area contributed by atoms with Crippen molar-refractivity contribution in [3.05, 3.63) is 53.3 Å². The van der Waals surface area contributed by atoms with Crippen LogP contribution in [-0.2, 0) is 25.0 Å². The highest BCUT2D eigenvalue weighted by atomic mass is 16.3. The number of benzene rings is 1. The average Bonchev–Trinajstić information content (AvgIpc) is 2.85. The van der Waals surface area contributed by atoms with Crippen LogP contribution < -0.4 is 0 Å². The zero-order valence-electron chi connectivity index (χ0n) is 11.9. The van der Waals surface area contributed by atoms with Crippen LogP contribution in [-0.4, -0.2) is 14.9 Å². The Bertz CT molecular complexity index is 526. The Morgan fingerprint density at radius 3 is 2.37 bits per heavy atom. The van der Waals surface area contributed by atoms with Crippen molar-refractivity contribution in [3.8, 4) is 0 Å². The summed E-state index contributed by atoms with van der Waals surface area (Å²) in [4.78, 5) is 0.